The molecule has 7 heteroatoms. The Labute approximate surface area is 129 Å². The number of nitrogens with one attached hydrogen (secondary N) is 2. The van der Waals surface area contributed by atoms with Gasteiger partial charge in [0, 0.05) is 28.4 Å². The molecule has 6 nitrogen and oxygen atoms in total. The largest absolute Gasteiger partial charge is 0.451 e. The van der Waals surface area contributed by atoms with Gasteiger partial charge < -0.3 is 9.73 Å². The van der Waals surface area contributed by atoms with E-state index in [1.54, 1.807) is 0 Å². The Balaban J connectivity index is 1.73. The third-order valence-electron chi connectivity index (χ3n) is 3.22. The highest BCUT2D eigenvalue weighted by molar-refractivity contribution is 9.10. The van der Waals surface area contributed by atoms with Crippen LogP contribution in [-0.4, -0.2) is 27.6 Å². The third-order valence-corrected chi connectivity index (χ3v) is 3.71. The molecule has 2 aromatic heterocycles. The Morgan fingerprint density at radius 1 is 1.48 bits per heavy atom. The Morgan fingerprint density at radius 3 is 3.10 bits per heavy atom. The molecule has 2 N–H and O–H groups in total. The summed E-state index contributed by atoms with van der Waals surface area (Å²) in [7, 11) is 0. The van der Waals surface area contributed by atoms with E-state index in [1.165, 1.54) is 6.33 Å². The maximum absolute atomic E-state index is 12.2. The number of carbonyl (C=O) groups is 1. The molecule has 21 heavy (non-hydrogen) atoms. The van der Waals surface area contributed by atoms with Gasteiger partial charge in [-0.2, -0.15) is 5.10 Å². The van der Waals surface area contributed by atoms with Crippen LogP contribution < -0.4 is 5.32 Å². The molecular weight excluding hydrogens is 336 g/mol. The van der Waals surface area contributed by atoms with Crippen molar-refractivity contribution in [2.24, 2.45) is 0 Å². The summed E-state index contributed by atoms with van der Waals surface area (Å²) in [6, 6.07) is 5.67. The van der Waals surface area contributed by atoms with E-state index in [1.807, 2.05) is 25.1 Å². The molecule has 0 saturated heterocycles. The van der Waals surface area contributed by atoms with Gasteiger partial charge in [-0.05, 0) is 25.1 Å². The van der Waals surface area contributed by atoms with E-state index in [-0.39, 0.29) is 5.91 Å². The van der Waals surface area contributed by atoms with Crippen LogP contribution in [0.15, 0.2) is 33.4 Å². The van der Waals surface area contributed by atoms with Crippen molar-refractivity contribution in [3.8, 4) is 0 Å². The Morgan fingerprint density at radius 2 is 2.33 bits per heavy atom. The van der Waals surface area contributed by atoms with Crippen molar-refractivity contribution in [2.45, 2.75) is 13.3 Å². The summed E-state index contributed by atoms with van der Waals surface area (Å²) < 4.78 is 6.59. The van der Waals surface area contributed by atoms with Gasteiger partial charge in [-0.3, -0.25) is 9.89 Å². The molecular formula is C14H13BrN4O2. The minimum absolute atomic E-state index is 0.223. The van der Waals surface area contributed by atoms with Crippen molar-refractivity contribution in [1.82, 2.24) is 20.5 Å². The molecule has 3 rings (SSSR count). The van der Waals surface area contributed by atoms with E-state index in [2.05, 4.69) is 36.4 Å². The number of H-pyrrole nitrogens is 1. The van der Waals surface area contributed by atoms with Gasteiger partial charge in [0.15, 0.2) is 5.76 Å². The molecule has 0 fully saturated rings. The molecule has 0 spiro atoms. The first-order valence-electron chi connectivity index (χ1n) is 6.46. The van der Waals surface area contributed by atoms with Crippen LogP contribution in [0.5, 0.6) is 0 Å². The smallest absolute Gasteiger partial charge is 0.287 e. The predicted octanol–water partition coefficient (Wildman–Crippen LogP) is 2.59. The lowest BCUT2D eigenvalue weighted by atomic mass is 10.1. The van der Waals surface area contributed by atoms with Crippen LogP contribution in [-0.2, 0) is 6.42 Å². The van der Waals surface area contributed by atoms with Crippen LogP contribution in [0.3, 0.4) is 0 Å². The van der Waals surface area contributed by atoms with Crippen LogP contribution in [0.1, 0.15) is 21.9 Å². The van der Waals surface area contributed by atoms with Gasteiger partial charge in [0.2, 0.25) is 0 Å². The average Bonchev–Trinajstić information content (AvgIpc) is 3.08. The molecule has 1 amide bonds. The maximum atomic E-state index is 12.2. The van der Waals surface area contributed by atoms with E-state index in [4.69, 9.17) is 4.42 Å². The minimum atomic E-state index is -0.223. The van der Waals surface area contributed by atoms with Gasteiger partial charge in [0.1, 0.15) is 17.7 Å². The molecule has 0 atom stereocenters. The molecule has 108 valence electrons. The van der Waals surface area contributed by atoms with Gasteiger partial charge in [0.25, 0.3) is 5.91 Å². The number of benzene rings is 1. The van der Waals surface area contributed by atoms with Crippen LogP contribution in [0.25, 0.3) is 11.0 Å². The number of amides is 1. The van der Waals surface area contributed by atoms with Crippen molar-refractivity contribution in [3.63, 3.8) is 0 Å². The first kappa shape index (κ1) is 13.8. The predicted molar refractivity (Wildman–Crippen MR) is 81.1 cm³/mol. The van der Waals surface area contributed by atoms with Crippen LogP contribution in [0.4, 0.5) is 0 Å². The fraction of sp³-hybridized carbons (Fsp3) is 0.214. The zero-order valence-electron chi connectivity index (χ0n) is 11.3. The van der Waals surface area contributed by atoms with Gasteiger partial charge in [-0.15, -0.1) is 0 Å². The van der Waals surface area contributed by atoms with E-state index >= 15 is 0 Å². The zero-order chi connectivity index (χ0) is 14.8. The molecule has 0 saturated carbocycles. The Bertz CT molecular complexity index is 780. The van der Waals surface area contributed by atoms with Crippen molar-refractivity contribution >= 4 is 32.8 Å². The number of hydrogen-bond acceptors (Lipinski definition) is 4. The number of nitrogens with zero attached hydrogens (tertiary/aromatic N) is 2. The lowest BCUT2D eigenvalue weighted by molar-refractivity contribution is 0.0927. The fourth-order valence-corrected chi connectivity index (χ4v) is 2.50. The molecule has 0 aliphatic carbocycles. The van der Waals surface area contributed by atoms with E-state index in [0.29, 0.717) is 24.3 Å². The lowest BCUT2D eigenvalue weighted by Crippen LogP contribution is -2.26. The normalized spacial score (nSPS) is 11.0. The maximum Gasteiger partial charge on any atom is 0.287 e. The molecule has 1 aromatic carbocycles. The van der Waals surface area contributed by atoms with Crippen LogP contribution in [0.2, 0.25) is 0 Å². The highest BCUT2D eigenvalue weighted by Crippen LogP contribution is 2.27. The molecule has 0 bridgehead atoms. The summed E-state index contributed by atoms with van der Waals surface area (Å²) in [6.45, 7) is 2.35. The number of aryl methyl sites for hydroxylation is 1. The van der Waals surface area contributed by atoms with Gasteiger partial charge in [-0.25, -0.2) is 4.98 Å². The number of hydrogen-bond donors (Lipinski definition) is 2. The fourth-order valence-electron chi connectivity index (χ4n) is 2.14. The Hall–Kier alpha value is -2.15. The average molecular weight is 349 g/mol. The van der Waals surface area contributed by atoms with Gasteiger partial charge in [0.05, 0.1) is 0 Å². The second kappa shape index (κ2) is 5.69. The summed E-state index contributed by atoms with van der Waals surface area (Å²) >= 11 is 3.42. The summed E-state index contributed by atoms with van der Waals surface area (Å²) in [5.41, 5.74) is 1.54. The van der Waals surface area contributed by atoms with Crippen molar-refractivity contribution in [3.05, 3.63) is 46.1 Å². The summed E-state index contributed by atoms with van der Waals surface area (Å²) in [4.78, 5) is 16.2. The number of fused-ring (bicyclic) bond motifs is 1. The number of aromatic nitrogens is 3. The minimum Gasteiger partial charge on any atom is -0.451 e. The highest BCUT2D eigenvalue weighted by Gasteiger charge is 2.17. The quantitative estimate of drug-likeness (QED) is 0.758. The van der Waals surface area contributed by atoms with Crippen molar-refractivity contribution < 1.29 is 9.21 Å². The standard InChI is InChI=1S/C14H13BrN4O2/c1-8-10-6-9(15)2-3-11(10)21-13(8)14(20)16-5-4-12-17-7-18-19-12/h2-3,6-7H,4-5H2,1H3,(H,16,20)(H,17,18,19). The van der Waals surface area contributed by atoms with Gasteiger partial charge in [-0.1, -0.05) is 15.9 Å². The second-order valence-electron chi connectivity index (χ2n) is 4.63. The van der Waals surface area contributed by atoms with Crippen LogP contribution in [0, 0.1) is 6.92 Å². The third kappa shape index (κ3) is 2.82. The number of halogens is 1. The highest BCUT2D eigenvalue weighted by atomic mass is 79.9. The lowest BCUT2D eigenvalue weighted by Gasteiger charge is -2.01. The number of furan rings is 1. The van der Waals surface area contributed by atoms with Gasteiger partial charge >= 0.3 is 0 Å². The first-order valence-corrected chi connectivity index (χ1v) is 7.25. The zero-order valence-corrected chi connectivity index (χ0v) is 12.9. The monoisotopic (exact) mass is 348 g/mol. The topological polar surface area (TPSA) is 83.8 Å². The summed E-state index contributed by atoms with van der Waals surface area (Å²) in [6.07, 6.45) is 2.04. The SMILES string of the molecule is Cc1c(C(=O)NCCc2ncn[nH]2)oc2ccc(Br)cc12. The summed E-state index contributed by atoms with van der Waals surface area (Å²) in [5.74, 6) is 0.862. The molecule has 0 radical (unpaired) electrons. The molecule has 0 aliphatic heterocycles. The van der Waals surface area contributed by atoms with Crippen molar-refractivity contribution in [2.75, 3.05) is 6.54 Å². The Kier molecular flexibility index (Phi) is 3.74. The number of carbonyl (C=O) groups excluding carboxylic acids is 1. The second-order valence-corrected chi connectivity index (χ2v) is 5.55. The van der Waals surface area contributed by atoms with E-state index in [9.17, 15) is 4.79 Å². The molecule has 2 heterocycles. The van der Waals surface area contributed by atoms with Crippen molar-refractivity contribution in [1.29, 1.82) is 0 Å². The molecule has 3 aromatic rings. The van der Waals surface area contributed by atoms with E-state index < -0.39 is 0 Å². The molecule has 0 unspecified atom stereocenters. The number of rotatable bonds is 4. The van der Waals surface area contributed by atoms with Crippen LogP contribution >= 0.6 is 15.9 Å². The van der Waals surface area contributed by atoms with E-state index in [0.717, 1.165) is 21.2 Å². The number of aromatic amines is 1. The first-order chi connectivity index (χ1) is 10.1. The summed E-state index contributed by atoms with van der Waals surface area (Å²) in [5, 5.41) is 10.3. The molecule has 0 aliphatic rings.